The second kappa shape index (κ2) is 6.84. The quantitative estimate of drug-likeness (QED) is 0.541. The van der Waals surface area contributed by atoms with E-state index in [2.05, 4.69) is 38.4 Å². The lowest BCUT2D eigenvalue weighted by atomic mass is 10.1. The molecule has 4 rings (SSSR count). The number of pyridine rings is 1. The molecule has 0 aliphatic rings. The Balaban J connectivity index is 0.000000883. The normalized spacial score (nSPS) is 11.0. The molecule has 0 radical (unpaired) electrons. The first-order valence-electron chi connectivity index (χ1n) is 8.50. The number of imidazole rings is 1. The lowest BCUT2D eigenvalue weighted by Gasteiger charge is -2.01. The highest BCUT2D eigenvalue weighted by molar-refractivity contribution is 7.26. The van der Waals surface area contributed by atoms with E-state index >= 15 is 0 Å². The molecule has 0 unspecified atom stereocenters. The van der Waals surface area contributed by atoms with Crippen molar-refractivity contribution in [2.45, 2.75) is 41.2 Å². The van der Waals surface area contributed by atoms with Gasteiger partial charge in [-0.25, -0.2) is 9.97 Å². The van der Waals surface area contributed by atoms with Crippen LogP contribution in [0.2, 0.25) is 0 Å². The summed E-state index contributed by atoms with van der Waals surface area (Å²) in [5.74, 6) is 0.893. The van der Waals surface area contributed by atoms with Crippen LogP contribution in [0.5, 0.6) is 0 Å². The Morgan fingerprint density at radius 1 is 1.28 bits per heavy atom. The molecule has 0 atom stereocenters. The monoisotopic (exact) mass is 360 g/mol. The number of aromatic amines is 1. The molecule has 0 aliphatic heterocycles. The highest BCUT2D eigenvalue weighted by Gasteiger charge is 2.18. The van der Waals surface area contributed by atoms with E-state index in [-0.39, 0.29) is 2.85 Å². The van der Waals surface area contributed by atoms with Gasteiger partial charge in [-0.1, -0.05) is 13.8 Å². The fourth-order valence-electron chi connectivity index (χ4n) is 2.99. The van der Waals surface area contributed by atoms with E-state index in [9.17, 15) is 0 Å². The maximum Gasteiger partial charge on any atom is 0.166 e. The van der Waals surface area contributed by atoms with E-state index in [1.54, 1.807) is 17.7 Å². The Labute approximate surface area is 154 Å². The smallest absolute Gasteiger partial charge is 0.166 e. The van der Waals surface area contributed by atoms with Crippen molar-refractivity contribution in [1.29, 1.82) is 0 Å². The van der Waals surface area contributed by atoms with Crippen molar-refractivity contribution in [1.82, 2.24) is 24.7 Å². The van der Waals surface area contributed by atoms with Crippen molar-refractivity contribution in [3.63, 3.8) is 0 Å². The summed E-state index contributed by atoms with van der Waals surface area (Å²) in [5.41, 5.74) is 5.54. The predicted octanol–water partition coefficient (Wildman–Crippen LogP) is 4.96. The zero-order valence-electron chi connectivity index (χ0n) is 15.6. The molecule has 0 fully saturated rings. The number of nitrogens with zero attached hydrogens (tertiary/aromatic N) is 4. The number of anilines is 1. The summed E-state index contributed by atoms with van der Waals surface area (Å²) in [6.07, 6.45) is 1.72. The maximum atomic E-state index is 4.68. The number of thiophene rings is 1. The van der Waals surface area contributed by atoms with Crippen LogP contribution in [-0.2, 0) is 13.6 Å². The molecule has 7 heteroatoms. The third-order valence-electron chi connectivity index (χ3n) is 4.11. The van der Waals surface area contributed by atoms with Crippen LogP contribution in [0.3, 0.4) is 0 Å². The largest absolute Gasteiger partial charge is 0.362 e. The van der Waals surface area contributed by atoms with Crippen LogP contribution in [-0.4, -0.2) is 24.7 Å². The summed E-state index contributed by atoms with van der Waals surface area (Å²) in [6.45, 7) is 10.8. The number of H-pyrrole nitrogens is 1. The fraction of sp³-hybridized carbons (Fsp3) is 0.389. The van der Waals surface area contributed by atoms with Gasteiger partial charge in [-0.15, -0.1) is 11.3 Å². The first kappa shape index (κ1) is 17.4. The van der Waals surface area contributed by atoms with Crippen molar-refractivity contribution in [2.75, 3.05) is 5.32 Å². The van der Waals surface area contributed by atoms with Crippen LogP contribution >= 0.6 is 11.3 Å². The minimum Gasteiger partial charge on any atom is -0.362 e. The van der Waals surface area contributed by atoms with Crippen molar-refractivity contribution in [3.8, 4) is 0 Å². The van der Waals surface area contributed by atoms with Crippen LogP contribution in [0.4, 0.5) is 5.82 Å². The average molecular weight is 361 g/mol. The third kappa shape index (κ3) is 3.00. The fourth-order valence-corrected chi connectivity index (χ4v) is 4.27. The van der Waals surface area contributed by atoms with E-state index in [4.69, 9.17) is 0 Å². The van der Waals surface area contributed by atoms with Gasteiger partial charge in [-0.2, -0.15) is 5.10 Å². The number of nitrogens with one attached hydrogen (secondary N) is 2. The molecular weight excluding hydrogens is 332 g/mol. The van der Waals surface area contributed by atoms with Crippen LogP contribution in [0.15, 0.2) is 12.4 Å². The van der Waals surface area contributed by atoms with Gasteiger partial charge in [0, 0.05) is 26.7 Å². The molecule has 0 aromatic carbocycles. The Bertz CT molecular complexity index is 1030. The number of aryl methyl sites for hydroxylation is 4. The van der Waals surface area contributed by atoms with E-state index in [1.807, 2.05) is 39.4 Å². The molecule has 0 aliphatic carbocycles. The summed E-state index contributed by atoms with van der Waals surface area (Å²) in [6, 6.07) is 2.13. The van der Waals surface area contributed by atoms with Gasteiger partial charge in [0.1, 0.15) is 4.83 Å². The van der Waals surface area contributed by atoms with Gasteiger partial charge < -0.3 is 10.3 Å². The van der Waals surface area contributed by atoms with Crippen LogP contribution in [0.25, 0.3) is 20.4 Å². The zero-order chi connectivity index (χ0) is 18.1. The summed E-state index contributed by atoms with van der Waals surface area (Å²) < 4.78 is 3.09. The molecule has 0 saturated heterocycles. The standard InChI is InChI=1S/C16H18N6S.C2H6.2H2/c1-8-5-9(2)20-16-12(8)13-14(23-16)15(21-22(13)4)17-6-11-10(3)18-7-19-11;1-2;;/h5,7H,6H2,1-4H3,(H,17,21)(H,18,19);1-2H3;2*1H. The Morgan fingerprint density at radius 3 is 2.72 bits per heavy atom. The predicted molar refractivity (Wildman–Crippen MR) is 110 cm³/mol. The first-order valence-corrected chi connectivity index (χ1v) is 9.32. The Morgan fingerprint density at radius 2 is 2.04 bits per heavy atom. The van der Waals surface area contributed by atoms with E-state index in [0.29, 0.717) is 6.54 Å². The number of hydrogen-bond acceptors (Lipinski definition) is 5. The van der Waals surface area contributed by atoms with Crippen molar-refractivity contribution < 1.29 is 2.85 Å². The van der Waals surface area contributed by atoms with E-state index in [1.165, 1.54) is 10.9 Å². The molecule has 0 saturated carbocycles. The van der Waals surface area contributed by atoms with Gasteiger partial charge in [0.05, 0.1) is 28.8 Å². The van der Waals surface area contributed by atoms with E-state index < -0.39 is 0 Å². The summed E-state index contributed by atoms with van der Waals surface area (Å²) >= 11 is 1.69. The second-order valence-electron chi connectivity index (χ2n) is 5.84. The highest BCUT2D eigenvalue weighted by atomic mass is 32.1. The van der Waals surface area contributed by atoms with Gasteiger partial charge in [-0.05, 0) is 32.4 Å². The van der Waals surface area contributed by atoms with Crippen molar-refractivity contribution in [3.05, 3.63) is 35.0 Å². The molecular formula is C18H28N6S. The molecule has 25 heavy (non-hydrogen) atoms. The summed E-state index contributed by atoms with van der Waals surface area (Å²) in [4.78, 5) is 13.2. The van der Waals surface area contributed by atoms with Gasteiger partial charge in [0.25, 0.3) is 0 Å². The molecule has 6 nitrogen and oxygen atoms in total. The zero-order valence-corrected chi connectivity index (χ0v) is 16.4. The van der Waals surface area contributed by atoms with Crippen LogP contribution in [0, 0.1) is 20.8 Å². The number of hydrogen-bond donors (Lipinski definition) is 2. The number of fused-ring (bicyclic) bond motifs is 3. The Kier molecular flexibility index (Phi) is 4.76. The Hall–Kier alpha value is -2.41. The average Bonchev–Trinajstić information content (AvgIpc) is 3.23. The second-order valence-corrected chi connectivity index (χ2v) is 6.84. The van der Waals surface area contributed by atoms with Gasteiger partial charge >= 0.3 is 0 Å². The molecule has 136 valence electrons. The molecule has 0 amide bonds. The topological polar surface area (TPSA) is 71.4 Å². The van der Waals surface area contributed by atoms with Gasteiger partial charge in [0.15, 0.2) is 5.82 Å². The molecule has 2 N–H and O–H groups in total. The molecule has 4 heterocycles. The van der Waals surface area contributed by atoms with Crippen molar-refractivity contribution in [2.24, 2.45) is 7.05 Å². The minimum atomic E-state index is 0. The molecule has 0 bridgehead atoms. The summed E-state index contributed by atoms with van der Waals surface area (Å²) in [5, 5.41) is 9.26. The highest BCUT2D eigenvalue weighted by Crippen LogP contribution is 2.38. The lowest BCUT2D eigenvalue weighted by Crippen LogP contribution is -2.02. The van der Waals surface area contributed by atoms with Crippen LogP contribution in [0.1, 0.15) is 39.3 Å². The molecule has 4 aromatic heterocycles. The molecule has 0 spiro atoms. The summed E-state index contributed by atoms with van der Waals surface area (Å²) in [7, 11) is 1.98. The number of aromatic nitrogens is 5. The maximum absolute atomic E-state index is 4.68. The first-order chi connectivity index (χ1) is 12.0. The van der Waals surface area contributed by atoms with Gasteiger partial charge in [-0.3, -0.25) is 4.68 Å². The van der Waals surface area contributed by atoms with Crippen molar-refractivity contribution >= 4 is 37.6 Å². The van der Waals surface area contributed by atoms with Crippen LogP contribution < -0.4 is 5.32 Å². The number of rotatable bonds is 3. The third-order valence-corrected chi connectivity index (χ3v) is 5.19. The van der Waals surface area contributed by atoms with E-state index in [0.717, 1.165) is 37.9 Å². The SMILES string of the molecule is CC.Cc1cc(C)c2c(n1)sc1c(NCc3nc[nH]c3C)nn(C)c12.[HH].[HH]. The lowest BCUT2D eigenvalue weighted by molar-refractivity contribution is 0.798. The van der Waals surface area contributed by atoms with Gasteiger partial charge in [0.2, 0.25) is 0 Å². The minimum absolute atomic E-state index is 0. The molecule has 4 aromatic rings.